The van der Waals surface area contributed by atoms with Crippen molar-refractivity contribution in [3.8, 4) is 11.5 Å². The van der Waals surface area contributed by atoms with Crippen LogP contribution >= 0.6 is 0 Å². The van der Waals surface area contributed by atoms with Gasteiger partial charge in [-0.2, -0.15) is 18.3 Å². The topological polar surface area (TPSA) is 76.2 Å². The first-order chi connectivity index (χ1) is 15.7. The highest BCUT2D eigenvalue weighted by atomic mass is 19.4. The number of fused-ring (bicyclic) bond motifs is 1. The number of nitrogens with one attached hydrogen (secondary N) is 2. The van der Waals surface area contributed by atoms with Gasteiger partial charge in [-0.25, -0.2) is 0 Å². The van der Waals surface area contributed by atoms with E-state index in [0.29, 0.717) is 22.7 Å². The number of aromatic amines is 1. The number of nitrogens with zero attached hydrogens (tertiary/aromatic N) is 1. The molecule has 3 aromatic rings. The molecule has 1 aliphatic heterocycles. The second-order valence-electron chi connectivity index (χ2n) is 8.27. The van der Waals surface area contributed by atoms with Gasteiger partial charge in [-0.05, 0) is 35.2 Å². The van der Waals surface area contributed by atoms with E-state index in [1.165, 1.54) is 13.2 Å². The molecule has 0 fully saturated rings. The van der Waals surface area contributed by atoms with E-state index < -0.39 is 11.7 Å². The second kappa shape index (κ2) is 8.80. The number of benzene rings is 2. The lowest BCUT2D eigenvalue weighted by Gasteiger charge is -2.23. The summed E-state index contributed by atoms with van der Waals surface area (Å²) < 4.78 is 51.9. The van der Waals surface area contributed by atoms with Crippen LogP contribution in [0.1, 0.15) is 59.9 Å². The van der Waals surface area contributed by atoms with Crippen molar-refractivity contribution in [2.24, 2.45) is 0 Å². The molecule has 4 rings (SSSR count). The van der Waals surface area contributed by atoms with Gasteiger partial charge in [-0.3, -0.25) is 9.89 Å². The number of rotatable bonds is 6. The Morgan fingerprint density at radius 2 is 1.94 bits per heavy atom. The Hall–Kier alpha value is -3.49. The normalized spacial score (nSPS) is 15.8. The third kappa shape index (κ3) is 4.67. The molecule has 1 aliphatic rings. The lowest BCUT2D eigenvalue weighted by molar-refractivity contribution is -0.139. The molecule has 0 aliphatic carbocycles. The molecule has 9 heteroatoms. The van der Waals surface area contributed by atoms with Crippen LogP contribution < -0.4 is 14.8 Å². The number of H-pyrrole nitrogens is 1. The summed E-state index contributed by atoms with van der Waals surface area (Å²) in [6.45, 7) is 3.57. The van der Waals surface area contributed by atoms with Gasteiger partial charge in [0.1, 0.15) is 23.9 Å². The van der Waals surface area contributed by atoms with Gasteiger partial charge in [0, 0.05) is 23.5 Å². The highest BCUT2D eigenvalue weighted by molar-refractivity contribution is 5.94. The van der Waals surface area contributed by atoms with Crippen LogP contribution in [0.5, 0.6) is 11.5 Å². The first-order valence-electron chi connectivity index (χ1n) is 10.5. The summed E-state index contributed by atoms with van der Waals surface area (Å²) in [5.74, 6) is 0.419. The summed E-state index contributed by atoms with van der Waals surface area (Å²) in [7, 11) is 1.48. The molecule has 0 radical (unpaired) electrons. The van der Waals surface area contributed by atoms with Gasteiger partial charge in [0.05, 0.1) is 18.9 Å². The molecule has 1 aromatic heterocycles. The van der Waals surface area contributed by atoms with Crippen molar-refractivity contribution < 1.29 is 27.4 Å². The zero-order chi connectivity index (χ0) is 23.8. The Morgan fingerprint density at radius 3 is 2.64 bits per heavy atom. The predicted molar refractivity (Wildman–Crippen MR) is 117 cm³/mol. The van der Waals surface area contributed by atoms with E-state index in [1.54, 1.807) is 24.4 Å². The summed E-state index contributed by atoms with van der Waals surface area (Å²) in [6, 6.07) is 9.50. The summed E-state index contributed by atoms with van der Waals surface area (Å²) >= 11 is 0. The van der Waals surface area contributed by atoms with E-state index in [2.05, 4.69) is 15.5 Å². The van der Waals surface area contributed by atoms with Crippen LogP contribution in [-0.2, 0) is 17.6 Å². The van der Waals surface area contributed by atoms with Gasteiger partial charge in [-0.15, -0.1) is 0 Å². The van der Waals surface area contributed by atoms with E-state index in [0.717, 1.165) is 17.2 Å². The molecule has 0 bridgehead atoms. The quantitative estimate of drug-likeness (QED) is 0.502. The fourth-order valence-corrected chi connectivity index (χ4v) is 3.95. The summed E-state index contributed by atoms with van der Waals surface area (Å²) in [5, 5.41) is 9.51. The summed E-state index contributed by atoms with van der Waals surface area (Å²) in [6.07, 6.45) is -2.61. The first-order valence-corrected chi connectivity index (χ1v) is 10.5. The Morgan fingerprint density at radius 1 is 1.15 bits per heavy atom. The predicted octanol–water partition coefficient (Wildman–Crippen LogP) is 5.61. The summed E-state index contributed by atoms with van der Waals surface area (Å²) in [4.78, 5) is 12.1. The molecular formula is C24H24F3N3O3. The fourth-order valence-electron chi connectivity index (χ4n) is 3.95. The van der Waals surface area contributed by atoms with Crippen molar-refractivity contribution in [3.63, 3.8) is 0 Å². The standard InChI is InChI=1S/C24H24F3N3O3/c1-13(2)14-6-7-20(19(8-14)24(25,26)27)33-12-16-5-4-15(9-21(16)32-3)17-10-22(31)29-23-18(17)11-28-30-23/h4-9,11,13,17H,10,12H2,1-3H3,(H2,28,29,30,31). The van der Waals surface area contributed by atoms with Crippen LogP contribution in [0, 0.1) is 0 Å². The van der Waals surface area contributed by atoms with E-state index in [9.17, 15) is 18.0 Å². The van der Waals surface area contributed by atoms with Crippen molar-refractivity contribution in [1.29, 1.82) is 0 Å². The zero-order valence-electron chi connectivity index (χ0n) is 18.4. The number of carbonyl (C=O) groups excluding carboxylic acids is 1. The fraction of sp³-hybridized carbons (Fsp3) is 0.333. The molecule has 1 atom stereocenters. The molecule has 2 aromatic carbocycles. The van der Waals surface area contributed by atoms with Gasteiger partial charge < -0.3 is 14.8 Å². The SMILES string of the molecule is COc1cc(C2CC(=O)Nc3[nH]ncc32)ccc1COc1ccc(C(C)C)cc1C(F)(F)F. The molecule has 0 saturated heterocycles. The zero-order valence-corrected chi connectivity index (χ0v) is 18.4. The van der Waals surface area contributed by atoms with Gasteiger partial charge >= 0.3 is 6.18 Å². The monoisotopic (exact) mass is 459 g/mol. The number of halogens is 3. The highest BCUT2D eigenvalue weighted by Crippen LogP contribution is 2.40. The minimum atomic E-state index is -4.53. The van der Waals surface area contributed by atoms with Crippen molar-refractivity contribution in [2.75, 3.05) is 12.4 Å². The number of hydrogen-bond donors (Lipinski definition) is 2. The number of hydrogen-bond acceptors (Lipinski definition) is 4. The molecule has 174 valence electrons. The molecule has 2 N–H and O–H groups in total. The Bertz CT molecular complexity index is 1170. The van der Waals surface area contributed by atoms with Crippen LogP contribution in [0.25, 0.3) is 0 Å². The van der Waals surface area contributed by atoms with Crippen molar-refractivity contribution in [1.82, 2.24) is 10.2 Å². The molecule has 0 spiro atoms. The Kier molecular flexibility index (Phi) is 6.05. The minimum absolute atomic E-state index is 0.0367. The molecule has 0 saturated carbocycles. The number of anilines is 1. The molecule has 33 heavy (non-hydrogen) atoms. The van der Waals surface area contributed by atoms with Crippen LogP contribution in [0.2, 0.25) is 0 Å². The maximum atomic E-state index is 13.6. The van der Waals surface area contributed by atoms with Crippen molar-refractivity contribution in [3.05, 3.63) is 70.4 Å². The Balaban J connectivity index is 1.59. The van der Waals surface area contributed by atoms with E-state index in [1.807, 2.05) is 19.9 Å². The smallest absolute Gasteiger partial charge is 0.419 e. The van der Waals surface area contributed by atoms with E-state index in [4.69, 9.17) is 9.47 Å². The van der Waals surface area contributed by atoms with Crippen LogP contribution in [0.15, 0.2) is 42.6 Å². The number of ether oxygens (including phenoxy) is 2. The van der Waals surface area contributed by atoms with Crippen molar-refractivity contribution >= 4 is 11.7 Å². The number of methoxy groups -OCH3 is 1. The molecule has 1 unspecified atom stereocenters. The third-order valence-electron chi connectivity index (χ3n) is 5.77. The molecule has 1 amide bonds. The average Bonchev–Trinajstić information content (AvgIpc) is 3.24. The van der Waals surface area contributed by atoms with E-state index in [-0.39, 0.29) is 36.5 Å². The Labute approximate surface area is 189 Å². The first kappa shape index (κ1) is 22.7. The molecule has 6 nitrogen and oxygen atoms in total. The van der Waals surface area contributed by atoms with Gasteiger partial charge in [-0.1, -0.05) is 32.0 Å². The average molecular weight is 459 g/mol. The maximum Gasteiger partial charge on any atom is 0.419 e. The molecule has 2 heterocycles. The summed E-state index contributed by atoms with van der Waals surface area (Å²) in [5.41, 5.74) is 2.08. The van der Waals surface area contributed by atoms with Gasteiger partial charge in [0.2, 0.25) is 5.91 Å². The number of alkyl halides is 3. The van der Waals surface area contributed by atoms with Crippen LogP contribution in [-0.4, -0.2) is 23.2 Å². The number of aromatic nitrogens is 2. The largest absolute Gasteiger partial charge is 0.496 e. The lowest BCUT2D eigenvalue weighted by Crippen LogP contribution is -2.23. The number of amides is 1. The van der Waals surface area contributed by atoms with Crippen molar-refractivity contribution in [2.45, 2.75) is 44.9 Å². The van der Waals surface area contributed by atoms with E-state index >= 15 is 0 Å². The minimum Gasteiger partial charge on any atom is -0.496 e. The third-order valence-corrected chi connectivity index (χ3v) is 5.77. The lowest BCUT2D eigenvalue weighted by atomic mass is 9.87. The number of carbonyl (C=O) groups is 1. The molecular weight excluding hydrogens is 435 g/mol. The highest BCUT2D eigenvalue weighted by Gasteiger charge is 2.35. The maximum absolute atomic E-state index is 13.6. The van der Waals surface area contributed by atoms with Gasteiger partial charge in [0.25, 0.3) is 0 Å². The van der Waals surface area contributed by atoms with Crippen LogP contribution in [0.4, 0.5) is 19.0 Å². The second-order valence-corrected chi connectivity index (χ2v) is 8.27. The van der Waals surface area contributed by atoms with Gasteiger partial charge in [0.15, 0.2) is 0 Å². The van der Waals surface area contributed by atoms with Crippen LogP contribution in [0.3, 0.4) is 0 Å².